The van der Waals surface area contributed by atoms with E-state index in [1.54, 1.807) is 9.80 Å². The van der Waals surface area contributed by atoms with Gasteiger partial charge < -0.3 is 14.7 Å². The predicted molar refractivity (Wildman–Crippen MR) is 125 cm³/mol. The van der Waals surface area contributed by atoms with Crippen molar-refractivity contribution in [3.05, 3.63) is 45.1 Å². The molecule has 0 aliphatic carbocycles. The van der Waals surface area contributed by atoms with Gasteiger partial charge in [-0.15, -0.1) is 0 Å². The molecular formula is C23H24F6N8O3. The quantitative estimate of drug-likeness (QED) is 0.534. The molecule has 0 spiro atoms. The zero-order chi connectivity index (χ0) is 28.8. The highest BCUT2D eigenvalue weighted by molar-refractivity contribution is 5.82. The highest BCUT2D eigenvalue weighted by atomic mass is 19.4. The normalized spacial score (nSPS) is 18.9. The van der Waals surface area contributed by atoms with Gasteiger partial charge in [-0.25, -0.2) is 15.1 Å². The molecule has 2 amide bonds. The summed E-state index contributed by atoms with van der Waals surface area (Å²) in [4.78, 5) is 50.4. The van der Waals surface area contributed by atoms with E-state index in [1.165, 1.54) is 0 Å². The molecule has 216 valence electrons. The van der Waals surface area contributed by atoms with Gasteiger partial charge in [0.2, 0.25) is 11.9 Å². The Bertz CT molecular complexity index is 1330. The molecule has 3 aliphatic heterocycles. The second kappa shape index (κ2) is 10.3. The zero-order valence-corrected chi connectivity index (χ0v) is 20.9. The molecule has 11 nitrogen and oxygen atoms in total. The van der Waals surface area contributed by atoms with Gasteiger partial charge in [0.25, 0.3) is 5.56 Å². The van der Waals surface area contributed by atoms with E-state index in [0.717, 1.165) is 12.4 Å². The summed E-state index contributed by atoms with van der Waals surface area (Å²) in [5.74, 6) is -2.20. The van der Waals surface area contributed by atoms with E-state index in [4.69, 9.17) is 0 Å². The van der Waals surface area contributed by atoms with Gasteiger partial charge in [-0.05, 0) is 6.42 Å². The molecule has 17 heteroatoms. The minimum absolute atomic E-state index is 0.0212. The van der Waals surface area contributed by atoms with Crippen LogP contribution >= 0.6 is 0 Å². The average Bonchev–Trinajstić information content (AvgIpc) is 2.90. The van der Waals surface area contributed by atoms with Crippen LogP contribution in [0.15, 0.2) is 17.2 Å². The predicted octanol–water partition coefficient (Wildman–Crippen LogP) is 0.806. The number of H-pyrrole nitrogens is 1. The summed E-state index contributed by atoms with van der Waals surface area (Å²) in [6, 6.07) is 0. The van der Waals surface area contributed by atoms with E-state index in [9.17, 15) is 40.7 Å². The molecule has 2 aromatic rings. The molecule has 2 aromatic heterocycles. The van der Waals surface area contributed by atoms with Crippen molar-refractivity contribution < 1.29 is 35.9 Å². The summed E-state index contributed by atoms with van der Waals surface area (Å²) in [5.41, 5.74) is -0.492. The maximum atomic E-state index is 13.0. The number of hydrogen-bond donors (Lipinski definition) is 1. The molecule has 0 atom stereocenters. The fraction of sp³-hybridized carbons (Fsp3) is 0.565. The van der Waals surface area contributed by atoms with Crippen LogP contribution in [0.3, 0.4) is 0 Å². The van der Waals surface area contributed by atoms with Crippen molar-refractivity contribution in [3.63, 3.8) is 0 Å². The van der Waals surface area contributed by atoms with E-state index in [0.29, 0.717) is 61.0 Å². The second-order valence-electron chi connectivity index (χ2n) is 9.90. The first kappa shape index (κ1) is 27.8. The Labute approximate surface area is 222 Å². The molecule has 2 saturated heterocycles. The Kier molecular flexibility index (Phi) is 7.18. The molecule has 0 aromatic carbocycles. The van der Waals surface area contributed by atoms with Crippen LogP contribution in [-0.4, -0.2) is 98.7 Å². The fourth-order valence-electron chi connectivity index (χ4n) is 5.10. The van der Waals surface area contributed by atoms with Crippen molar-refractivity contribution in [2.24, 2.45) is 5.92 Å². The van der Waals surface area contributed by atoms with Gasteiger partial charge >= 0.3 is 18.3 Å². The van der Waals surface area contributed by atoms with Gasteiger partial charge in [-0.3, -0.25) is 19.3 Å². The summed E-state index contributed by atoms with van der Waals surface area (Å²) < 4.78 is 77.0. The smallest absolute Gasteiger partial charge is 0.339 e. The van der Waals surface area contributed by atoms with Crippen molar-refractivity contribution in [2.45, 2.75) is 31.9 Å². The first-order valence-electron chi connectivity index (χ1n) is 12.4. The second-order valence-corrected chi connectivity index (χ2v) is 9.90. The SMILES string of the molecule is O=C(C1CN(Cc2n[nH]c(=O)c3c2CN(C(=O)C(F)(F)F)CC3)C1)N1CCN(c2ncc(C(F)(F)F)cn2)CC1. The van der Waals surface area contributed by atoms with Gasteiger partial charge in [0.05, 0.1) is 17.2 Å². The lowest BCUT2D eigenvalue weighted by Crippen LogP contribution is -2.57. The Balaban J connectivity index is 1.14. The number of amides is 2. The number of alkyl halides is 6. The van der Waals surface area contributed by atoms with Crippen molar-refractivity contribution in [1.82, 2.24) is 34.9 Å². The highest BCUT2D eigenvalue weighted by Gasteiger charge is 2.44. The highest BCUT2D eigenvalue weighted by Crippen LogP contribution is 2.29. The summed E-state index contributed by atoms with van der Waals surface area (Å²) in [7, 11) is 0. The largest absolute Gasteiger partial charge is 0.471 e. The van der Waals surface area contributed by atoms with Crippen LogP contribution in [0.5, 0.6) is 0 Å². The zero-order valence-electron chi connectivity index (χ0n) is 20.9. The number of fused-ring (bicyclic) bond motifs is 1. The first-order chi connectivity index (χ1) is 18.8. The lowest BCUT2D eigenvalue weighted by molar-refractivity contribution is -0.186. The van der Waals surface area contributed by atoms with Crippen LogP contribution in [0.2, 0.25) is 0 Å². The number of aromatic nitrogens is 4. The minimum Gasteiger partial charge on any atom is -0.339 e. The van der Waals surface area contributed by atoms with Crippen molar-refractivity contribution in [2.75, 3.05) is 50.7 Å². The van der Waals surface area contributed by atoms with E-state index < -0.39 is 29.4 Å². The Morgan fingerprint density at radius 2 is 1.57 bits per heavy atom. The fourth-order valence-corrected chi connectivity index (χ4v) is 5.10. The van der Waals surface area contributed by atoms with E-state index >= 15 is 0 Å². The van der Waals surface area contributed by atoms with Gasteiger partial charge in [0, 0.05) is 82.4 Å². The summed E-state index contributed by atoms with van der Waals surface area (Å²) >= 11 is 0. The number of anilines is 1. The van der Waals surface area contributed by atoms with Gasteiger partial charge in [0.1, 0.15) is 0 Å². The molecule has 2 fully saturated rings. The molecule has 0 radical (unpaired) electrons. The van der Waals surface area contributed by atoms with Crippen molar-refractivity contribution >= 4 is 17.8 Å². The molecule has 0 unspecified atom stereocenters. The molecule has 0 bridgehead atoms. The van der Waals surface area contributed by atoms with Crippen LogP contribution in [-0.2, 0) is 35.3 Å². The molecule has 5 heterocycles. The summed E-state index contributed by atoms with van der Waals surface area (Å²) in [6.07, 6.45) is -8.12. The summed E-state index contributed by atoms with van der Waals surface area (Å²) in [5, 5.41) is 6.38. The molecule has 3 aliphatic rings. The van der Waals surface area contributed by atoms with Gasteiger partial charge in [-0.2, -0.15) is 31.4 Å². The number of nitrogens with zero attached hydrogens (tertiary/aromatic N) is 7. The monoisotopic (exact) mass is 574 g/mol. The van der Waals surface area contributed by atoms with Crippen molar-refractivity contribution in [3.8, 4) is 0 Å². The first-order valence-corrected chi connectivity index (χ1v) is 12.4. The number of carbonyl (C=O) groups is 2. The lowest BCUT2D eigenvalue weighted by Gasteiger charge is -2.43. The number of rotatable bonds is 4. The molecule has 5 rings (SSSR count). The maximum Gasteiger partial charge on any atom is 0.471 e. The van der Waals surface area contributed by atoms with Crippen molar-refractivity contribution in [1.29, 1.82) is 0 Å². The van der Waals surface area contributed by atoms with Crippen LogP contribution in [0.4, 0.5) is 32.3 Å². The number of likely N-dealkylation sites (tertiary alicyclic amines) is 1. The van der Waals surface area contributed by atoms with Gasteiger partial charge in [-0.1, -0.05) is 0 Å². The molecule has 40 heavy (non-hydrogen) atoms. The van der Waals surface area contributed by atoms with Crippen LogP contribution < -0.4 is 10.5 Å². The maximum absolute atomic E-state index is 13.0. The van der Waals surface area contributed by atoms with Gasteiger partial charge in [0.15, 0.2) is 0 Å². The Hall–Kier alpha value is -3.76. The number of aromatic amines is 1. The number of piperazine rings is 1. The van der Waals surface area contributed by atoms with E-state index in [2.05, 4.69) is 20.2 Å². The van der Waals surface area contributed by atoms with E-state index in [-0.39, 0.29) is 43.8 Å². The van der Waals surface area contributed by atoms with E-state index in [1.807, 2.05) is 4.90 Å². The molecular weight excluding hydrogens is 550 g/mol. The Morgan fingerprint density at radius 3 is 2.17 bits per heavy atom. The standard InChI is InChI=1S/C23H24F6N8O3/c24-22(25,26)14-7-30-21(31-8-14)36-5-3-35(4-6-36)19(39)13-9-34(10-13)12-17-16-11-37(20(40)23(27,28)29)2-1-15(16)18(38)33-32-17/h7-8,13H,1-6,9-12H2,(H,33,38). The minimum atomic E-state index is -5.02. The lowest BCUT2D eigenvalue weighted by atomic mass is 9.95. The number of carbonyl (C=O) groups excluding carboxylic acids is 2. The third kappa shape index (κ3) is 5.59. The third-order valence-electron chi connectivity index (χ3n) is 7.31. The van der Waals surface area contributed by atoms with Crippen LogP contribution in [0, 0.1) is 5.92 Å². The topological polar surface area (TPSA) is 119 Å². The average molecular weight is 574 g/mol. The molecule has 0 saturated carbocycles. The summed E-state index contributed by atoms with van der Waals surface area (Å²) in [6.45, 7) is 1.75. The molecule has 1 N–H and O–H groups in total. The Morgan fingerprint density at radius 1 is 0.925 bits per heavy atom. The van der Waals surface area contributed by atoms with Crippen LogP contribution in [0.1, 0.15) is 22.4 Å². The number of halogens is 6. The third-order valence-corrected chi connectivity index (χ3v) is 7.31. The number of nitrogens with one attached hydrogen (secondary N) is 1. The van der Waals surface area contributed by atoms with Crippen LogP contribution in [0.25, 0.3) is 0 Å². The number of hydrogen-bond acceptors (Lipinski definition) is 8.